The van der Waals surface area contributed by atoms with E-state index in [0.29, 0.717) is 18.0 Å². The van der Waals surface area contributed by atoms with E-state index < -0.39 is 11.0 Å². The van der Waals surface area contributed by atoms with Crippen LogP contribution in [0.3, 0.4) is 0 Å². The molecule has 150 valence electrons. The number of benzene rings is 2. The van der Waals surface area contributed by atoms with Gasteiger partial charge in [-0.1, -0.05) is 12.1 Å². The normalized spacial score (nSPS) is 11.8. The molecule has 0 radical (unpaired) electrons. The molecule has 8 heteroatoms. The van der Waals surface area contributed by atoms with Gasteiger partial charge >= 0.3 is 0 Å². The minimum atomic E-state index is -0.517. The second-order valence-electron chi connectivity index (χ2n) is 6.49. The molecule has 28 heavy (non-hydrogen) atoms. The van der Waals surface area contributed by atoms with Crippen LogP contribution in [0.2, 0.25) is 0 Å². The minimum Gasteiger partial charge on any atom is -0.493 e. The molecule has 0 unspecified atom stereocenters. The van der Waals surface area contributed by atoms with Gasteiger partial charge in [0.15, 0.2) is 11.5 Å². The molecule has 1 N–H and O–H groups in total. The molecule has 8 nitrogen and oxygen atoms in total. The number of amides is 1. The van der Waals surface area contributed by atoms with E-state index in [0.717, 1.165) is 11.1 Å². The van der Waals surface area contributed by atoms with E-state index in [1.165, 1.54) is 12.1 Å². The average molecular weight is 387 g/mol. The number of aryl methyl sites for hydroxylation is 1. The maximum atomic E-state index is 12.6. The molecule has 0 spiro atoms. The Kier molecular flexibility index (Phi) is 6.94. The first-order chi connectivity index (χ1) is 13.3. The van der Waals surface area contributed by atoms with Gasteiger partial charge in [-0.2, -0.15) is 0 Å². The van der Waals surface area contributed by atoms with Gasteiger partial charge in [0.05, 0.1) is 25.2 Å². The lowest BCUT2D eigenvalue weighted by atomic mass is 10.1. The van der Waals surface area contributed by atoms with Crippen molar-refractivity contribution in [1.82, 2.24) is 4.90 Å². The number of hydrogen-bond donors (Lipinski definition) is 1. The molecule has 1 atom stereocenters. The Balaban J connectivity index is 2.14. The highest BCUT2D eigenvalue weighted by molar-refractivity contribution is 5.96. The summed E-state index contributed by atoms with van der Waals surface area (Å²) in [7, 11) is 4.97. The summed E-state index contributed by atoms with van der Waals surface area (Å²) in [6.45, 7) is 4.21. The molecular weight excluding hydrogens is 362 g/mol. The van der Waals surface area contributed by atoms with Crippen molar-refractivity contribution in [2.24, 2.45) is 0 Å². The van der Waals surface area contributed by atoms with E-state index in [2.05, 4.69) is 5.32 Å². The molecule has 0 saturated carbocycles. The summed E-state index contributed by atoms with van der Waals surface area (Å²) < 4.78 is 10.7. The lowest BCUT2D eigenvalue weighted by Gasteiger charge is -2.25. The van der Waals surface area contributed by atoms with Crippen LogP contribution in [0.15, 0.2) is 36.4 Å². The Morgan fingerprint density at radius 2 is 1.82 bits per heavy atom. The highest BCUT2D eigenvalue weighted by Gasteiger charge is 2.22. The zero-order valence-electron chi connectivity index (χ0n) is 16.7. The number of para-hydroxylation sites is 2. The van der Waals surface area contributed by atoms with Crippen molar-refractivity contribution in [3.05, 3.63) is 57.6 Å². The van der Waals surface area contributed by atoms with Crippen LogP contribution in [0, 0.1) is 17.0 Å². The van der Waals surface area contributed by atoms with Gasteiger partial charge in [-0.05, 0) is 50.2 Å². The van der Waals surface area contributed by atoms with Gasteiger partial charge in [0.2, 0.25) is 5.91 Å². The molecule has 2 aromatic carbocycles. The van der Waals surface area contributed by atoms with Gasteiger partial charge in [-0.3, -0.25) is 19.8 Å². The summed E-state index contributed by atoms with van der Waals surface area (Å²) in [5.74, 6) is 0.942. The zero-order chi connectivity index (χ0) is 20.8. The number of rotatable bonds is 8. The molecule has 0 aliphatic carbocycles. The highest BCUT2D eigenvalue weighted by atomic mass is 16.6. The van der Waals surface area contributed by atoms with Gasteiger partial charge in [-0.25, -0.2) is 0 Å². The van der Waals surface area contributed by atoms with Gasteiger partial charge in [0.1, 0.15) is 5.69 Å². The predicted molar refractivity (Wildman–Crippen MR) is 107 cm³/mol. The zero-order valence-corrected chi connectivity index (χ0v) is 16.7. The van der Waals surface area contributed by atoms with E-state index in [4.69, 9.17) is 9.47 Å². The van der Waals surface area contributed by atoms with Crippen LogP contribution in [-0.4, -0.2) is 43.0 Å². The van der Waals surface area contributed by atoms with Crippen molar-refractivity contribution < 1.29 is 19.2 Å². The van der Waals surface area contributed by atoms with Crippen LogP contribution in [0.1, 0.15) is 18.1 Å². The molecule has 0 heterocycles. The molecule has 0 aliphatic heterocycles. The summed E-state index contributed by atoms with van der Waals surface area (Å²) in [6.07, 6.45) is 0. The van der Waals surface area contributed by atoms with E-state index in [9.17, 15) is 14.9 Å². The monoisotopic (exact) mass is 387 g/mol. The number of anilines is 1. The fourth-order valence-electron chi connectivity index (χ4n) is 2.77. The number of carbonyl (C=O) groups excluding carboxylic acids is 1. The molecule has 0 fully saturated rings. The molecule has 2 rings (SSSR count). The van der Waals surface area contributed by atoms with Crippen LogP contribution in [0.5, 0.6) is 11.5 Å². The number of methoxy groups -OCH3 is 2. The lowest BCUT2D eigenvalue weighted by molar-refractivity contribution is -0.383. The number of carbonyl (C=O) groups is 1. The van der Waals surface area contributed by atoms with Crippen molar-refractivity contribution in [3.8, 4) is 11.5 Å². The van der Waals surface area contributed by atoms with Crippen LogP contribution < -0.4 is 14.8 Å². The van der Waals surface area contributed by atoms with Crippen LogP contribution >= 0.6 is 0 Å². The van der Waals surface area contributed by atoms with E-state index in [1.54, 1.807) is 33.3 Å². The molecule has 1 amide bonds. The number of nitrogens with one attached hydrogen (secondary N) is 1. The molecule has 2 aromatic rings. The number of ether oxygens (including phenoxy) is 2. The van der Waals surface area contributed by atoms with Crippen molar-refractivity contribution in [1.29, 1.82) is 0 Å². The highest BCUT2D eigenvalue weighted by Crippen LogP contribution is 2.31. The number of hydrogen-bond acceptors (Lipinski definition) is 6. The van der Waals surface area contributed by atoms with Crippen molar-refractivity contribution in [2.45, 2.75) is 26.4 Å². The quantitative estimate of drug-likeness (QED) is 0.551. The van der Waals surface area contributed by atoms with E-state index in [1.807, 2.05) is 31.0 Å². The predicted octanol–water partition coefficient (Wildman–Crippen LogP) is 3.38. The van der Waals surface area contributed by atoms with Crippen molar-refractivity contribution in [2.75, 3.05) is 26.6 Å². The Bertz CT molecular complexity index is 869. The Labute approximate surface area is 164 Å². The molecule has 0 saturated heterocycles. The fourth-order valence-corrected chi connectivity index (χ4v) is 2.77. The topological polar surface area (TPSA) is 93.9 Å². The van der Waals surface area contributed by atoms with Crippen LogP contribution in [-0.2, 0) is 11.3 Å². The largest absolute Gasteiger partial charge is 0.493 e. The molecule has 0 aliphatic rings. The number of nitro groups is 1. The van der Waals surface area contributed by atoms with Crippen LogP contribution in [0.4, 0.5) is 11.4 Å². The summed E-state index contributed by atoms with van der Waals surface area (Å²) in [5, 5.41) is 13.8. The third-order valence-electron chi connectivity index (χ3n) is 4.66. The molecular formula is C20H25N3O5. The van der Waals surface area contributed by atoms with Crippen molar-refractivity contribution in [3.63, 3.8) is 0 Å². The first-order valence-electron chi connectivity index (χ1n) is 8.74. The third-order valence-corrected chi connectivity index (χ3v) is 4.66. The average Bonchev–Trinajstić information content (AvgIpc) is 2.68. The molecule has 0 aromatic heterocycles. The smallest absolute Gasteiger partial charge is 0.292 e. The Morgan fingerprint density at radius 1 is 1.21 bits per heavy atom. The number of nitro benzene ring substituents is 1. The molecule has 0 bridgehead atoms. The Morgan fingerprint density at radius 3 is 2.43 bits per heavy atom. The minimum absolute atomic E-state index is 0.138. The van der Waals surface area contributed by atoms with Gasteiger partial charge < -0.3 is 14.8 Å². The number of likely N-dealkylation sites (N-methyl/N-ethyl adjacent to an activating group) is 1. The van der Waals surface area contributed by atoms with Gasteiger partial charge in [0.25, 0.3) is 5.69 Å². The van der Waals surface area contributed by atoms with Crippen molar-refractivity contribution >= 4 is 17.3 Å². The third kappa shape index (κ3) is 4.77. The van der Waals surface area contributed by atoms with Crippen LogP contribution in [0.25, 0.3) is 0 Å². The summed E-state index contributed by atoms with van der Waals surface area (Å²) >= 11 is 0. The first-order valence-corrected chi connectivity index (χ1v) is 8.74. The summed E-state index contributed by atoms with van der Waals surface area (Å²) in [6, 6.07) is 9.34. The summed E-state index contributed by atoms with van der Waals surface area (Å²) in [4.78, 5) is 25.1. The maximum Gasteiger partial charge on any atom is 0.292 e. The second kappa shape index (κ2) is 9.18. The van der Waals surface area contributed by atoms with E-state index in [-0.39, 0.29) is 17.3 Å². The summed E-state index contributed by atoms with van der Waals surface area (Å²) in [5.41, 5.74) is 2.04. The lowest BCUT2D eigenvalue weighted by Crippen LogP contribution is -2.39. The fraction of sp³-hybridized carbons (Fsp3) is 0.350. The first kappa shape index (κ1) is 21.2. The SMILES string of the molecule is COc1cc(C)c(CN(C)[C@H](C)C(=O)Nc2ccccc2[N+](=O)[O-])cc1OC. The maximum absolute atomic E-state index is 12.6. The standard InChI is InChI=1S/C20H25N3O5/c1-13-10-18(27-4)19(28-5)11-15(13)12-22(3)14(2)20(24)21-16-8-6-7-9-17(16)23(25)26/h6-11,14H,12H2,1-5H3,(H,21,24)/t14-/m1/s1. The van der Waals surface area contributed by atoms with Gasteiger partial charge in [0, 0.05) is 12.6 Å². The second-order valence-corrected chi connectivity index (χ2v) is 6.49. The van der Waals surface area contributed by atoms with E-state index >= 15 is 0 Å². The number of nitrogens with zero attached hydrogens (tertiary/aromatic N) is 2. The Hall–Kier alpha value is -3.13. The van der Waals surface area contributed by atoms with Gasteiger partial charge in [-0.15, -0.1) is 0 Å².